The van der Waals surface area contributed by atoms with Gasteiger partial charge in [0.25, 0.3) is 5.69 Å². The maximum absolute atomic E-state index is 10.8. The highest BCUT2D eigenvalue weighted by Gasteiger charge is 2.12. The first kappa shape index (κ1) is 15.6. The number of para-hydroxylation sites is 1. The normalized spacial score (nSPS) is 10.6. The van der Waals surface area contributed by atoms with Crippen LogP contribution >= 0.6 is 0 Å². The lowest BCUT2D eigenvalue weighted by molar-refractivity contribution is -0.384. The van der Waals surface area contributed by atoms with Crippen molar-refractivity contribution in [3.63, 3.8) is 0 Å². The number of pyridine rings is 1. The van der Waals surface area contributed by atoms with Gasteiger partial charge in [0.15, 0.2) is 5.82 Å². The van der Waals surface area contributed by atoms with Crippen LogP contribution in [0.1, 0.15) is 0 Å². The van der Waals surface area contributed by atoms with Crippen LogP contribution in [0, 0.1) is 10.1 Å². The van der Waals surface area contributed by atoms with Crippen LogP contribution in [0.3, 0.4) is 0 Å². The van der Waals surface area contributed by atoms with E-state index in [1.807, 2.05) is 36.4 Å². The molecule has 26 heavy (non-hydrogen) atoms. The standard InChI is InChI=1S/C19H12N4O3/c24-23(25)14-7-9-15(10-8-14)26-19-16-5-1-2-6-17(16)21-18(22-19)13-4-3-11-20-12-13/h1-12H. The molecule has 7 heteroatoms. The van der Waals surface area contributed by atoms with Gasteiger partial charge in [-0.25, -0.2) is 4.98 Å². The summed E-state index contributed by atoms with van der Waals surface area (Å²) in [6, 6.07) is 17.0. The SMILES string of the molecule is O=[N+]([O-])c1ccc(Oc2nc(-c3cccnc3)nc3ccccc23)cc1. The van der Waals surface area contributed by atoms with Crippen molar-refractivity contribution < 1.29 is 9.66 Å². The molecule has 0 radical (unpaired) electrons. The molecule has 4 rings (SSSR count). The van der Waals surface area contributed by atoms with E-state index in [-0.39, 0.29) is 5.69 Å². The number of nitrogens with zero attached hydrogens (tertiary/aromatic N) is 4. The Balaban J connectivity index is 1.79. The first-order valence-electron chi connectivity index (χ1n) is 7.80. The van der Waals surface area contributed by atoms with Crippen molar-refractivity contribution in [3.8, 4) is 23.0 Å². The van der Waals surface area contributed by atoms with E-state index in [1.54, 1.807) is 24.5 Å². The number of benzene rings is 2. The first-order valence-corrected chi connectivity index (χ1v) is 7.80. The number of aromatic nitrogens is 3. The third kappa shape index (κ3) is 3.05. The van der Waals surface area contributed by atoms with Gasteiger partial charge in [-0.2, -0.15) is 4.98 Å². The molecule has 4 aromatic rings. The fourth-order valence-electron chi connectivity index (χ4n) is 2.50. The van der Waals surface area contributed by atoms with Crippen LogP contribution in [0.4, 0.5) is 5.69 Å². The number of ether oxygens (including phenoxy) is 1. The molecule has 0 aliphatic carbocycles. The van der Waals surface area contributed by atoms with E-state index in [1.165, 1.54) is 12.1 Å². The van der Waals surface area contributed by atoms with Crippen molar-refractivity contribution in [3.05, 3.63) is 83.2 Å². The Bertz CT molecular complexity index is 1080. The van der Waals surface area contributed by atoms with Crippen LogP contribution in [0.25, 0.3) is 22.3 Å². The summed E-state index contributed by atoms with van der Waals surface area (Å²) < 4.78 is 5.89. The van der Waals surface area contributed by atoms with E-state index in [0.717, 1.165) is 16.5 Å². The number of rotatable bonds is 4. The number of nitro groups is 1. The van der Waals surface area contributed by atoms with Crippen molar-refractivity contribution in [1.82, 2.24) is 15.0 Å². The molecule has 0 aliphatic rings. The number of nitro benzene ring substituents is 1. The Hall–Kier alpha value is -3.87. The van der Waals surface area contributed by atoms with Gasteiger partial charge in [-0.15, -0.1) is 0 Å². The summed E-state index contributed by atoms with van der Waals surface area (Å²) in [6.45, 7) is 0. The van der Waals surface area contributed by atoms with Crippen LogP contribution in [-0.2, 0) is 0 Å². The molecule has 0 fully saturated rings. The summed E-state index contributed by atoms with van der Waals surface area (Å²) in [5, 5.41) is 11.5. The van der Waals surface area contributed by atoms with Crippen LogP contribution in [-0.4, -0.2) is 19.9 Å². The van der Waals surface area contributed by atoms with Crippen LogP contribution in [0.5, 0.6) is 11.6 Å². The van der Waals surface area contributed by atoms with Gasteiger partial charge in [-0.05, 0) is 36.4 Å². The second-order valence-electron chi connectivity index (χ2n) is 5.46. The van der Waals surface area contributed by atoms with Gasteiger partial charge in [0.1, 0.15) is 5.75 Å². The average molecular weight is 344 g/mol. The van der Waals surface area contributed by atoms with Crippen molar-refractivity contribution in [2.24, 2.45) is 0 Å². The molecule has 2 aromatic carbocycles. The molecule has 0 bridgehead atoms. The molecule has 7 nitrogen and oxygen atoms in total. The summed E-state index contributed by atoms with van der Waals surface area (Å²) in [7, 11) is 0. The maximum Gasteiger partial charge on any atom is 0.269 e. The summed E-state index contributed by atoms with van der Waals surface area (Å²) in [5.41, 5.74) is 1.51. The second kappa shape index (κ2) is 6.56. The Kier molecular flexibility index (Phi) is 3.95. The minimum atomic E-state index is -0.454. The maximum atomic E-state index is 10.8. The summed E-state index contributed by atoms with van der Waals surface area (Å²) in [4.78, 5) is 23.5. The molecular weight excluding hydrogens is 332 g/mol. The number of hydrogen-bond acceptors (Lipinski definition) is 6. The zero-order valence-corrected chi connectivity index (χ0v) is 13.4. The lowest BCUT2D eigenvalue weighted by Gasteiger charge is -2.10. The van der Waals surface area contributed by atoms with Crippen molar-refractivity contribution in [1.29, 1.82) is 0 Å². The van der Waals surface area contributed by atoms with E-state index < -0.39 is 4.92 Å². The quantitative estimate of drug-likeness (QED) is 0.403. The zero-order chi connectivity index (χ0) is 17.9. The Labute approximate surface area is 148 Å². The van der Waals surface area contributed by atoms with E-state index in [0.29, 0.717) is 17.5 Å². The topological polar surface area (TPSA) is 91.0 Å². The molecule has 0 amide bonds. The third-order valence-electron chi connectivity index (χ3n) is 3.75. The fraction of sp³-hybridized carbons (Fsp3) is 0. The highest BCUT2D eigenvalue weighted by atomic mass is 16.6. The molecule has 0 unspecified atom stereocenters. The Morgan fingerprint density at radius 1 is 0.923 bits per heavy atom. The van der Waals surface area contributed by atoms with Crippen LogP contribution in [0.2, 0.25) is 0 Å². The molecule has 0 spiro atoms. The lowest BCUT2D eigenvalue weighted by atomic mass is 10.2. The molecule has 0 atom stereocenters. The van der Waals surface area contributed by atoms with E-state index >= 15 is 0 Å². The summed E-state index contributed by atoms with van der Waals surface area (Å²) in [6.07, 6.45) is 3.36. The third-order valence-corrected chi connectivity index (χ3v) is 3.75. The molecule has 2 heterocycles. The number of hydrogen-bond donors (Lipinski definition) is 0. The van der Waals surface area contributed by atoms with Gasteiger partial charge >= 0.3 is 0 Å². The highest BCUT2D eigenvalue weighted by molar-refractivity contribution is 5.85. The monoisotopic (exact) mass is 344 g/mol. The lowest BCUT2D eigenvalue weighted by Crippen LogP contribution is -1.96. The van der Waals surface area contributed by atoms with Gasteiger partial charge in [-0.3, -0.25) is 15.1 Å². The molecule has 0 N–H and O–H groups in total. The van der Waals surface area contributed by atoms with E-state index in [9.17, 15) is 10.1 Å². The minimum Gasteiger partial charge on any atom is -0.438 e. The number of fused-ring (bicyclic) bond motifs is 1. The van der Waals surface area contributed by atoms with Gasteiger partial charge in [0, 0.05) is 30.1 Å². The average Bonchev–Trinajstić information content (AvgIpc) is 2.69. The van der Waals surface area contributed by atoms with Crippen LogP contribution in [0.15, 0.2) is 73.1 Å². The van der Waals surface area contributed by atoms with Gasteiger partial charge in [0.05, 0.1) is 15.8 Å². The smallest absolute Gasteiger partial charge is 0.269 e. The Morgan fingerprint density at radius 3 is 2.46 bits per heavy atom. The van der Waals surface area contributed by atoms with E-state index in [2.05, 4.69) is 15.0 Å². The largest absolute Gasteiger partial charge is 0.438 e. The van der Waals surface area contributed by atoms with Gasteiger partial charge < -0.3 is 4.74 Å². The van der Waals surface area contributed by atoms with Crippen LogP contribution < -0.4 is 4.74 Å². The zero-order valence-electron chi connectivity index (χ0n) is 13.4. The second-order valence-corrected chi connectivity index (χ2v) is 5.46. The molecule has 0 saturated carbocycles. The Morgan fingerprint density at radius 2 is 1.73 bits per heavy atom. The summed E-state index contributed by atoms with van der Waals surface area (Å²) >= 11 is 0. The van der Waals surface area contributed by atoms with Crippen molar-refractivity contribution in [2.45, 2.75) is 0 Å². The molecule has 0 aliphatic heterocycles. The molecule has 126 valence electrons. The highest BCUT2D eigenvalue weighted by Crippen LogP contribution is 2.30. The first-order chi connectivity index (χ1) is 12.7. The minimum absolute atomic E-state index is 0.000875. The molecule has 2 aromatic heterocycles. The predicted molar refractivity (Wildman–Crippen MR) is 95.9 cm³/mol. The van der Waals surface area contributed by atoms with Crippen molar-refractivity contribution >= 4 is 16.6 Å². The fourth-order valence-corrected chi connectivity index (χ4v) is 2.50. The van der Waals surface area contributed by atoms with Gasteiger partial charge in [0.2, 0.25) is 5.88 Å². The predicted octanol–water partition coefficient (Wildman–Crippen LogP) is 4.39. The summed E-state index contributed by atoms with van der Waals surface area (Å²) in [5.74, 6) is 1.33. The van der Waals surface area contributed by atoms with Crippen molar-refractivity contribution in [2.75, 3.05) is 0 Å². The van der Waals surface area contributed by atoms with Gasteiger partial charge in [-0.1, -0.05) is 12.1 Å². The molecular formula is C19H12N4O3. The molecule has 0 saturated heterocycles. The van der Waals surface area contributed by atoms with E-state index in [4.69, 9.17) is 4.74 Å². The number of non-ortho nitro benzene ring substituents is 1.